The van der Waals surface area contributed by atoms with Gasteiger partial charge in [-0.15, -0.1) is 11.8 Å². The smallest absolute Gasteiger partial charge is 0.460 e. The van der Waals surface area contributed by atoms with E-state index < -0.39 is 63.9 Å². The van der Waals surface area contributed by atoms with Crippen molar-refractivity contribution in [1.82, 2.24) is 10.2 Å². The predicted octanol–water partition coefficient (Wildman–Crippen LogP) is 4.07. The highest BCUT2D eigenvalue weighted by Gasteiger charge is 2.59. The van der Waals surface area contributed by atoms with E-state index in [0.29, 0.717) is 4.24 Å². The number of hydrogen-bond donors (Lipinski definition) is 1. The number of halogens is 3. The van der Waals surface area contributed by atoms with E-state index in [4.69, 9.17) is 58.5 Å². The van der Waals surface area contributed by atoms with Gasteiger partial charge in [0.1, 0.15) is 49.9 Å². The fourth-order valence-electron chi connectivity index (χ4n) is 3.32. The van der Waals surface area contributed by atoms with Gasteiger partial charge in [-0.1, -0.05) is 84.5 Å². The molecule has 1 unspecified atom stereocenters. The Morgan fingerprint density at radius 3 is 2.27 bits per heavy atom. The highest BCUT2D eigenvalue weighted by molar-refractivity contribution is 8.22. The largest absolute Gasteiger partial charge is 0.508 e. The molecule has 41 heavy (non-hydrogen) atoms. The number of carbonyl (C=O) groups excluding carboxylic acids is 5. The summed E-state index contributed by atoms with van der Waals surface area (Å²) in [5.41, 5.74) is -0.0634. The molecule has 0 radical (unpaired) electrons. The number of rotatable bonds is 15. The van der Waals surface area contributed by atoms with Gasteiger partial charge in [0.25, 0.3) is 0 Å². The molecule has 2 aliphatic heterocycles. The van der Waals surface area contributed by atoms with Crippen LogP contribution < -0.4 is 5.32 Å². The van der Waals surface area contributed by atoms with Crippen molar-refractivity contribution in [2.24, 2.45) is 5.92 Å². The van der Waals surface area contributed by atoms with Crippen LogP contribution in [-0.2, 0) is 38.1 Å². The topological polar surface area (TPSA) is 147 Å². The third kappa shape index (κ3) is 10.1. The molecule has 2 heterocycles. The molecule has 17 heteroatoms. The summed E-state index contributed by atoms with van der Waals surface area (Å²) in [6.07, 6.45) is 1.04. The minimum absolute atomic E-state index is 0.0634. The van der Waals surface area contributed by atoms with E-state index in [0.717, 1.165) is 23.5 Å². The maximum Gasteiger partial charge on any atom is 0.508 e. The first kappa shape index (κ1) is 34.7. The molecule has 1 saturated heterocycles. The Labute approximate surface area is 259 Å². The lowest BCUT2D eigenvalue weighted by molar-refractivity contribution is -0.158. The predicted molar refractivity (Wildman–Crippen MR) is 154 cm³/mol. The summed E-state index contributed by atoms with van der Waals surface area (Å²) in [5, 5.41) is 1.75. The van der Waals surface area contributed by atoms with Crippen LogP contribution in [0.15, 0.2) is 47.9 Å². The van der Waals surface area contributed by atoms with Crippen LogP contribution in [0.2, 0.25) is 0 Å². The molecule has 0 aromatic carbocycles. The second-order valence-corrected chi connectivity index (χ2v) is 13.0. The minimum atomic E-state index is -1.85. The fourth-order valence-corrected chi connectivity index (χ4v) is 6.42. The van der Waals surface area contributed by atoms with Crippen LogP contribution >= 0.6 is 58.3 Å². The van der Waals surface area contributed by atoms with Crippen LogP contribution in [-0.4, -0.2) is 88.5 Å². The summed E-state index contributed by atoms with van der Waals surface area (Å²) >= 11 is 18.8. The van der Waals surface area contributed by atoms with E-state index in [1.54, 1.807) is 0 Å². The molecule has 0 aromatic heterocycles. The van der Waals surface area contributed by atoms with E-state index in [2.05, 4.69) is 25.1 Å². The number of nitrogens with one attached hydrogen (secondary N) is 1. The van der Waals surface area contributed by atoms with Gasteiger partial charge in [0, 0.05) is 5.75 Å². The number of hydrogen-bond acceptors (Lipinski definition) is 12. The monoisotopic (exact) mass is 672 g/mol. The van der Waals surface area contributed by atoms with Crippen LogP contribution in [0, 0.1) is 5.92 Å². The molecular weight excluding hydrogens is 647 g/mol. The number of ether oxygens (including phenoxy) is 5. The van der Waals surface area contributed by atoms with Crippen molar-refractivity contribution in [2.45, 2.75) is 28.2 Å². The molecule has 1 fully saturated rings. The van der Waals surface area contributed by atoms with Crippen molar-refractivity contribution in [3.8, 4) is 0 Å². The number of alkyl halides is 3. The summed E-state index contributed by atoms with van der Waals surface area (Å²) in [4.78, 5) is 63.9. The van der Waals surface area contributed by atoms with Crippen LogP contribution in [0.25, 0.3) is 0 Å². The first-order valence-electron chi connectivity index (χ1n) is 11.7. The Hall–Kier alpha value is -2.52. The third-order valence-electron chi connectivity index (χ3n) is 5.05. The number of amides is 2. The average molecular weight is 674 g/mol. The molecule has 12 nitrogen and oxygen atoms in total. The van der Waals surface area contributed by atoms with Crippen LogP contribution in [0.4, 0.5) is 9.59 Å². The molecule has 0 saturated carbocycles. The van der Waals surface area contributed by atoms with Gasteiger partial charge in [-0.25, -0.2) is 19.2 Å². The number of nitrogens with zero attached hydrogens (tertiary/aromatic N) is 1. The van der Waals surface area contributed by atoms with E-state index in [1.165, 1.54) is 30.1 Å². The minimum Gasteiger partial charge on any atom is -0.460 e. The number of esters is 2. The Morgan fingerprint density at radius 1 is 1.05 bits per heavy atom. The van der Waals surface area contributed by atoms with Crippen molar-refractivity contribution in [1.29, 1.82) is 0 Å². The Morgan fingerprint density at radius 2 is 1.66 bits per heavy atom. The van der Waals surface area contributed by atoms with Crippen molar-refractivity contribution in [3.63, 3.8) is 0 Å². The quantitative estimate of drug-likeness (QED) is 0.0879. The third-order valence-corrected chi connectivity index (χ3v) is 8.12. The lowest BCUT2D eigenvalue weighted by atomic mass is 9.92. The molecule has 0 bridgehead atoms. The number of thioether (sulfide) groups is 2. The molecule has 2 amide bonds. The molecule has 2 rings (SSSR count). The summed E-state index contributed by atoms with van der Waals surface area (Å²) in [6.45, 7) is 11.0. The summed E-state index contributed by atoms with van der Waals surface area (Å²) in [6, 6.07) is -1.19. The van der Waals surface area contributed by atoms with Crippen LogP contribution in [0.5, 0.6) is 0 Å². The zero-order valence-electron chi connectivity index (χ0n) is 21.7. The highest BCUT2D eigenvalue weighted by atomic mass is 35.6. The number of fused-ring (bicyclic) bond motifs is 1. The Balaban J connectivity index is 2.20. The normalized spacial score (nSPS) is 19.1. The van der Waals surface area contributed by atoms with Crippen LogP contribution in [0.3, 0.4) is 0 Å². The molecular formula is C24H27Cl3N2O10S2. The first-order valence-corrected chi connectivity index (χ1v) is 14.7. The molecule has 0 aromatic rings. The molecule has 226 valence electrons. The zero-order valence-corrected chi connectivity index (χ0v) is 25.6. The SMILES string of the molecule is C=CCOC(=O)N[C@H](CSC1=C(C(=O)OCC=C)N2C(=O)[C@H](C(C)OC(=O)OCC(Cl)(Cl)Cl)[C@H]2S1)C(=O)OCC=C. The van der Waals surface area contributed by atoms with Crippen LogP contribution in [0.1, 0.15) is 6.92 Å². The van der Waals surface area contributed by atoms with Gasteiger partial charge in [0.2, 0.25) is 9.70 Å². The summed E-state index contributed by atoms with van der Waals surface area (Å²) in [7, 11) is 0. The number of alkyl carbamates (subject to hydrolysis) is 1. The molecule has 1 N–H and O–H groups in total. The van der Waals surface area contributed by atoms with Gasteiger partial charge in [-0.2, -0.15) is 0 Å². The fraction of sp³-hybridized carbons (Fsp3) is 0.458. The lowest BCUT2D eigenvalue weighted by Crippen LogP contribution is -2.61. The van der Waals surface area contributed by atoms with Crippen molar-refractivity contribution < 1.29 is 47.7 Å². The lowest BCUT2D eigenvalue weighted by Gasteiger charge is -2.44. The second kappa shape index (κ2) is 16.2. The average Bonchev–Trinajstić information content (AvgIpc) is 3.23. The van der Waals surface area contributed by atoms with Gasteiger partial charge in [0.05, 0.1) is 4.24 Å². The van der Waals surface area contributed by atoms with E-state index in [1.807, 2.05) is 0 Å². The van der Waals surface area contributed by atoms with Gasteiger partial charge in [-0.3, -0.25) is 9.69 Å². The molecule has 0 aliphatic carbocycles. The summed E-state index contributed by atoms with van der Waals surface area (Å²) < 4.78 is 23.5. The Kier molecular flexibility index (Phi) is 13.7. The number of carbonyl (C=O) groups is 5. The highest BCUT2D eigenvalue weighted by Crippen LogP contribution is 2.54. The standard InChI is InChI=1S/C24H27Cl3N2O10S2/c1-5-8-35-19(31)14(28-22(33)37-10-7-3)11-40-21-16(20(32)36-9-6-2)29-17(30)15(18(29)41-21)13(4)39-23(34)38-12-24(25,26)27/h5-7,13-15,18H,1-3,8-12H2,4H3,(H,28,33)/t13?,14-,15+,18-/m1/s1. The second-order valence-electron chi connectivity index (χ2n) is 8.06. The van der Waals surface area contributed by atoms with Crippen molar-refractivity contribution in [2.75, 3.05) is 32.2 Å². The molecule has 0 spiro atoms. The van der Waals surface area contributed by atoms with Crippen molar-refractivity contribution in [3.05, 3.63) is 47.9 Å². The summed E-state index contributed by atoms with van der Waals surface area (Å²) in [5.74, 6) is -3.07. The Bertz CT molecular complexity index is 1100. The van der Waals surface area contributed by atoms with Crippen molar-refractivity contribution >= 4 is 88.4 Å². The molecule has 4 atom stereocenters. The van der Waals surface area contributed by atoms with Gasteiger partial charge in [-0.05, 0) is 6.92 Å². The zero-order chi connectivity index (χ0) is 30.7. The van der Waals surface area contributed by atoms with E-state index >= 15 is 0 Å². The number of β-lactam (4-membered cyclic amide) rings is 1. The van der Waals surface area contributed by atoms with Gasteiger partial charge in [0.15, 0.2) is 5.70 Å². The van der Waals surface area contributed by atoms with E-state index in [-0.39, 0.29) is 31.3 Å². The maximum atomic E-state index is 13.1. The van der Waals surface area contributed by atoms with Gasteiger partial charge < -0.3 is 29.0 Å². The van der Waals surface area contributed by atoms with E-state index in [9.17, 15) is 24.0 Å². The first-order chi connectivity index (χ1) is 19.3. The van der Waals surface area contributed by atoms with Gasteiger partial charge >= 0.3 is 24.2 Å². The molecule has 2 aliphatic rings. The maximum absolute atomic E-state index is 13.1.